The molecular formula is C3H7N5. The first kappa shape index (κ1) is 5.11. The molecule has 0 saturated heterocycles. The molecule has 0 unspecified atom stereocenters. The minimum atomic E-state index is 1.23. The minimum Gasteiger partial charge on any atom is -0.284 e. The summed E-state index contributed by atoms with van der Waals surface area (Å²) in [5.74, 6) is 7.82. The highest BCUT2D eigenvalue weighted by atomic mass is 16.0. The second kappa shape index (κ2) is 1.83. The van der Waals surface area contributed by atoms with E-state index in [4.69, 9.17) is 5.84 Å². The van der Waals surface area contributed by atoms with Crippen LogP contribution in [0, 0.1) is 0 Å². The lowest BCUT2D eigenvalue weighted by Crippen LogP contribution is -2.50. The average Bonchev–Trinajstić information content (AvgIpc) is 1.77. The van der Waals surface area contributed by atoms with Gasteiger partial charge in [0.05, 0.1) is 6.20 Å². The number of hydrogen-bond acceptors (Lipinski definition) is 5. The van der Waals surface area contributed by atoms with Crippen LogP contribution in [0.3, 0.4) is 0 Å². The van der Waals surface area contributed by atoms with Crippen molar-refractivity contribution in [2.75, 3.05) is 7.05 Å². The molecule has 0 fully saturated rings. The summed E-state index contributed by atoms with van der Waals surface area (Å²) in [6.07, 6.45) is 1.51. The molecule has 0 amide bonds. The molecule has 1 heterocycles. The third kappa shape index (κ3) is 0.788. The summed E-state index contributed by atoms with van der Waals surface area (Å²) in [5, 5.41) is 6.33. The molecule has 5 nitrogen and oxygen atoms in total. The van der Waals surface area contributed by atoms with Crippen molar-refractivity contribution in [1.29, 1.82) is 0 Å². The van der Waals surface area contributed by atoms with Crippen LogP contribution in [0.15, 0.2) is 11.3 Å². The van der Waals surface area contributed by atoms with Gasteiger partial charge in [0.25, 0.3) is 0 Å². The standard InChI is InChI=1S/C3H7N5/c1-7-5-2-3-6-8(7)4/h3,6H,4H2,1H3. The van der Waals surface area contributed by atoms with Crippen molar-refractivity contribution in [2.24, 2.45) is 10.9 Å². The molecule has 1 aliphatic heterocycles. The fourth-order valence-electron chi connectivity index (χ4n) is 0.339. The van der Waals surface area contributed by atoms with E-state index >= 15 is 0 Å². The topological polar surface area (TPSA) is 56.9 Å². The van der Waals surface area contributed by atoms with Gasteiger partial charge in [0.15, 0.2) is 0 Å². The lowest BCUT2D eigenvalue weighted by Gasteiger charge is -2.23. The van der Waals surface area contributed by atoms with Crippen LogP contribution in [0.1, 0.15) is 0 Å². The van der Waals surface area contributed by atoms with Gasteiger partial charge in [-0.1, -0.05) is 0 Å². The van der Waals surface area contributed by atoms with Gasteiger partial charge in [0.2, 0.25) is 0 Å². The van der Waals surface area contributed by atoms with Crippen LogP contribution < -0.4 is 11.3 Å². The second-order valence-electron chi connectivity index (χ2n) is 1.34. The summed E-state index contributed by atoms with van der Waals surface area (Å²) < 4.78 is 0. The number of rotatable bonds is 0. The molecule has 0 bridgehead atoms. The van der Waals surface area contributed by atoms with Gasteiger partial charge < -0.3 is 0 Å². The molecule has 1 aliphatic rings. The first-order valence-corrected chi connectivity index (χ1v) is 2.13. The molecule has 0 aromatic heterocycles. The van der Waals surface area contributed by atoms with Crippen LogP contribution in [0.25, 0.3) is 0 Å². The Hall–Kier alpha value is -1.03. The van der Waals surface area contributed by atoms with E-state index in [1.54, 1.807) is 7.05 Å². The number of hydrogen-bond donors (Lipinski definition) is 2. The van der Waals surface area contributed by atoms with Crippen LogP contribution >= 0.6 is 0 Å². The summed E-state index contributed by atoms with van der Waals surface area (Å²) in [5.41, 5.74) is 2.64. The molecule has 44 valence electrons. The van der Waals surface area contributed by atoms with Crippen molar-refractivity contribution in [3.8, 4) is 0 Å². The van der Waals surface area contributed by atoms with Crippen molar-refractivity contribution in [3.63, 3.8) is 0 Å². The second-order valence-corrected chi connectivity index (χ2v) is 1.34. The molecule has 3 N–H and O–H groups in total. The van der Waals surface area contributed by atoms with Gasteiger partial charge in [-0.05, 0) is 5.23 Å². The molecule has 0 saturated carbocycles. The first-order chi connectivity index (χ1) is 3.80. The summed E-state index contributed by atoms with van der Waals surface area (Å²) in [6.45, 7) is 0. The zero-order valence-corrected chi connectivity index (χ0v) is 4.50. The number of nitrogens with one attached hydrogen (secondary N) is 1. The van der Waals surface area contributed by atoms with Gasteiger partial charge in [0, 0.05) is 12.9 Å². The Morgan fingerprint density at radius 2 is 2.62 bits per heavy atom. The van der Waals surface area contributed by atoms with Gasteiger partial charge in [-0.3, -0.25) is 5.43 Å². The fraction of sp³-hybridized carbons (Fsp3) is 0.333. The number of nitrogens with two attached hydrogens (primary N) is 1. The van der Waals surface area contributed by atoms with Gasteiger partial charge in [-0.15, -0.1) is 5.10 Å². The van der Waals surface area contributed by atoms with E-state index in [0.29, 0.717) is 0 Å². The molecule has 0 aromatic carbocycles. The highest BCUT2D eigenvalue weighted by Gasteiger charge is 2.00. The zero-order chi connectivity index (χ0) is 5.98. The van der Waals surface area contributed by atoms with Gasteiger partial charge in [-0.2, -0.15) is 5.12 Å². The number of nitrogens with zero attached hydrogens (tertiary/aromatic N) is 3. The number of hydrazone groups is 1. The predicted molar refractivity (Wildman–Crippen MR) is 28.9 cm³/mol. The molecule has 0 atom stereocenters. The average molecular weight is 113 g/mol. The maximum Gasteiger partial charge on any atom is 0.0792 e. The van der Waals surface area contributed by atoms with Gasteiger partial charge >= 0.3 is 0 Å². The summed E-state index contributed by atoms with van der Waals surface area (Å²) in [7, 11) is 1.70. The maximum absolute atomic E-state index is 5.26. The minimum absolute atomic E-state index is 1.23. The highest BCUT2D eigenvalue weighted by molar-refractivity contribution is 5.50. The number of hydrazine groups is 3. The largest absolute Gasteiger partial charge is 0.284 e. The van der Waals surface area contributed by atoms with Crippen LogP contribution in [0.5, 0.6) is 0 Å². The zero-order valence-electron chi connectivity index (χ0n) is 4.50. The Morgan fingerprint density at radius 1 is 1.88 bits per heavy atom. The molecule has 0 aromatic rings. The Bertz CT molecular complexity index is 135. The van der Waals surface area contributed by atoms with Crippen LogP contribution in [-0.2, 0) is 0 Å². The van der Waals surface area contributed by atoms with E-state index in [1.165, 1.54) is 16.5 Å². The fourth-order valence-corrected chi connectivity index (χ4v) is 0.339. The molecule has 5 heteroatoms. The quantitative estimate of drug-likeness (QED) is 0.380. The third-order valence-corrected chi connectivity index (χ3v) is 0.776. The van der Waals surface area contributed by atoms with Crippen LogP contribution in [0.4, 0.5) is 0 Å². The summed E-state index contributed by atoms with van der Waals surface area (Å²) in [4.78, 5) is 0. The monoisotopic (exact) mass is 113 g/mol. The van der Waals surface area contributed by atoms with Crippen molar-refractivity contribution in [2.45, 2.75) is 0 Å². The molecule has 1 rings (SSSR count). The third-order valence-electron chi connectivity index (χ3n) is 0.776. The van der Waals surface area contributed by atoms with Gasteiger partial charge in [0.1, 0.15) is 0 Å². The summed E-state index contributed by atoms with van der Waals surface area (Å²) >= 11 is 0. The molecule has 0 spiro atoms. The Morgan fingerprint density at radius 3 is 3.00 bits per heavy atom. The molecular weight excluding hydrogens is 106 g/mol. The van der Waals surface area contributed by atoms with E-state index in [9.17, 15) is 0 Å². The van der Waals surface area contributed by atoms with Crippen molar-refractivity contribution in [3.05, 3.63) is 6.20 Å². The summed E-state index contributed by atoms with van der Waals surface area (Å²) in [6, 6.07) is 0. The first-order valence-electron chi connectivity index (χ1n) is 2.13. The predicted octanol–water partition coefficient (Wildman–Crippen LogP) is -1.37. The van der Waals surface area contributed by atoms with E-state index in [-0.39, 0.29) is 0 Å². The van der Waals surface area contributed by atoms with Crippen molar-refractivity contribution in [1.82, 2.24) is 15.8 Å². The SMILES string of the molecule is CN1N=C=CNN1N. The lowest BCUT2D eigenvalue weighted by atomic mass is 11.0. The van der Waals surface area contributed by atoms with Crippen LogP contribution in [-0.4, -0.2) is 23.3 Å². The molecule has 8 heavy (non-hydrogen) atoms. The Labute approximate surface area is 47.0 Å². The van der Waals surface area contributed by atoms with Crippen molar-refractivity contribution < 1.29 is 0 Å². The van der Waals surface area contributed by atoms with Crippen LogP contribution in [0.2, 0.25) is 0 Å². The van der Waals surface area contributed by atoms with E-state index in [2.05, 4.69) is 16.4 Å². The smallest absolute Gasteiger partial charge is 0.0792 e. The molecule has 0 radical (unpaired) electrons. The highest BCUT2D eigenvalue weighted by Crippen LogP contribution is 1.83. The molecule has 0 aliphatic carbocycles. The van der Waals surface area contributed by atoms with Crippen molar-refractivity contribution >= 4 is 5.87 Å². The van der Waals surface area contributed by atoms with E-state index in [1.807, 2.05) is 0 Å². The van der Waals surface area contributed by atoms with E-state index < -0.39 is 0 Å². The normalized spacial score (nSPS) is 19.0. The van der Waals surface area contributed by atoms with Gasteiger partial charge in [-0.25, -0.2) is 5.84 Å². The maximum atomic E-state index is 5.26. The van der Waals surface area contributed by atoms with E-state index in [0.717, 1.165) is 0 Å². The Kier molecular flexibility index (Phi) is 1.17. The lowest BCUT2D eigenvalue weighted by molar-refractivity contribution is -0.0380. The Balaban J connectivity index is 2.62.